The predicted molar refractivity (Wildman–Crippen MR) is 92.4 cm³/mol. The number of amides is 2. The number of benzene rings is 1. The second kappa shape index (κ2) is 6.97. The van der Waals surface area contributed by atoms with Crippen molar-refractivity contribution in [1.82, 2.24) is 5.32 Å². The van der Waals surface area contributed by atoms with Gasteiger partial charge in [-0.25, -0.2) is 8.42 Å². The van der Waals surface area contributed by atoms with Crippen LogP contribution in [0.25, 0.3) is 0 Å². The molecule has 1 fully saturated rings. The highest BCUT2D eigenvalue weighted by molar-refractivity contribution is 7.92. The maximum Gasteiger partial charge on any atom is 0.501 e. The first-order chi connectivity index (χ1) is 12.6. The summed E-state index contributed by atoms with van der Waals surface area (Å²) < 4.78 is 60.3. The van der Waals surface area contributed by atoms with Crippen molar-refractivity contribution >= 4 is 38.0 Å². The average molecular weight is 418 g/mol. The standard InChI is InChI=1S/C16H13F3N2O4S2/c17-16(18,19)27(24,25)11-5-1-9(2-6-11)13(22)21-15-12(7-8-26-15)14(23)20-10-3-4-10/h1-2,5-8,10H,3-4H2,(H,20,23)(H,21,22). The number of rotatable bonds is 5. The van der Waals surface area contributed by atoms with Crippen molar-refractivity contribution in [2.75, 3.05) is 5.32 Å². The molecule has 11 heteroatoms. The van der Waals surface area contributed by atoms with Gasteiger partial charge >= 0.3 is 5.51 Å². The summed E-state index contributed by atoms with van der Waals surface area (Å²) >= 11 is 1.12. The molecule has 0 radical (unpaired) electrons. The fourth-order valence-electron chi connectivity index (χ4n) is 2.17. The lowest BCUT2D eigenvalue weighted by atomic mass is 10.2. The van der Waals surface area contributed by atoms with E-state index >= 15 is 0 Å². The van der Waals surface area contributed by atoms with Crippen LogP contribution >= 0.6 is 11.3 Å². The molecule has 0 spiro atoms. The maximum atomic E-state index is 12.5. The summed E-state index contributed by atoms with van der Waals surface area (Å²) in [6, 6.07) is 5.08. The molecule has 3 rings (SSSR count). The molecule has 144 valence electrons. The van der Waals surface area contributed by atoms with E-state index in [-0.39, 0.29) is 23.1 Å². The number of thiophene rings is 1. The van der Waals surface area contributed by atoms with Crippen LogP contribution in [-0.4, -0.2) is 31.8 Å². The molecule has 2 amide bonds. The van der Waals surface area contributed by atoms with E-state index in [1.807, 2.05) is 0 Å². The first-order valence-corrected chi connectivity index (χ1v) is 10.1. The van der Waals surface area contributed by atoms with Crippen LogP contribution in [0.5, 0.6) is 0 Å². The summed E-state index contributed by atoms with van der Waals surface area (Å²) in [5.41, 5.74) is -5.17. The Morgan fingerprint density at radius 1 is 1.04 bits per heavy atom. The Bertz CT molecular complexity index is 978. The molecule has 2 N–H and O–H groups in total. The van der Waals surface area contributed by atoms with Gasteiger partial charge in [0.1, 0.15) is 5.00 Å². The number of sulfone groups is 1. The van der Waals surface area contributed by atoms with E-state index in [0.29, 0.717) is 17.1 Å². The molecule has 2 aromatic rings. The number of carbonyl (C=O) groups is 2. The Labute approximate surface area is 156 Å². The number of carbonyl (C=O) groups excluding carboxylic acids is 2. The smallest absolute Gasteiger partial charge is 0.349 e. The second-order valence-corrected chi connectivity index (χ2v) is 8.70. The van der Waals surface area contributed by atoms with Crippen LogP contribution in [0, 0.1) is 0 Å². The zero-order valence-corrected chi connectivity index (χ0v) is 15.2. The number of alkyl halides is 3. The fraction of sp³-hybridized carbons (Fsp3) is 0.250. The minimum Gasteiger partial charge on any atom is -0.349 e. The molecule has 0 saturated heterocycles. The molecule has 0 atom stereocenters. The van der Waals surface area contributed by atoms with Gasteiger partial charge < -0.3 is 10.6 Å². The van der Waals surface area contributed by atoms with E-state index < -0.39 is 26.1 Å². The molecular weight excluding hydrogens is 405 g/mol. The molecule has 1 aromatic carbocycles. The zero-order valence-electron chi connectivity index (χ0n) is 13.5. The Morgan fingerprint density at radius 2 is 1.67 bits per heavy atom. The van der Waals surface area contributed by atoms with E-state index in [1.54, 1.807) is 11.4 Å². The van der Waals surface area contributed by atoms with Crippen LogP contribution in [-0.2, 0) is 9.84 Å². The molecule has 0 unspecified atom stereocenters. The predicted octanol–water partition coefficient (Wildman–Crippen LogP) is 3.19. The van der Waals surface area contributed by atoms with Gasteiger partial charge in [-0.2, -0.15) is 13.2 Å². The van der Waals surface area contributed by atoms with Gasteiger partial charge in [0.15, 0.2) is 0 Å². The van der Waals surface area contributed by atoms with E-state index in [4.69, 9.17) is 0 Å². The molecule has 1 aromatic heterocycles. The van der Waals surface area contributed by atoms with Gasteiger partial charge in [-0.1, -0.05) is 0 Å². The van der Waals surface area contributed by atoms with Crippen LogP contribution in [0.15, 0.2) is 40.6 Å². The maximum absolute atomic E-state index is 12.5. The van der Waals surface area contributed by atoms with Gasteiger partial charge in [-0.3, -0.25) is 9.59 Å². The third-order valence-electron chi connectivity index (χ3n) is 3.78. The van der Waals surface area contributed by atoms with Crippen LogP contribution in [0.3, 0.4) is 0 Å². The number of hydrogen-bond acceptors (Lipinski definition) is 5. The fourth-order valence-corrected chi connectivity index (χ4v) is 3.71. The largest absolute Gasteiger partial charge is 0.501 e. The summed E-state index contributed by atoms with van der Waals surface area (Å²) in [4.78, 5) is 23.4. The summed E-state index contributed by atoms with van der Waals surface area (Å²) in [5, 5.41) is 7.23. The molecule has 1 aliphatic carbocycles. The Balaban J connectivity index is 1.74. The minimum atomic E-state index is -5.48. The van der Waals surface area contributed by atoms with Crippen LogP contribution < -0.4 is 10.6 Å². The van der Waals surface area contributed by atoms with Crippen LogP contribution in [0.4, 0.5) is 18.2 Å². The molecule has 1 saturated carbocycles. The minimum absolute atomic E-state index is 0.0434. The van der Waals surface area contributed by atoms with Gasteiger partial charge in [0.2, 0.25) is 0 Å². The zero-order chi connectivity index (χ0) is 19.8. The van der Waals surface area contributed by atoms with E-state index in [1.165, 1.54) is 0 Å². The summed E-state index contributed by atoms with van der Waals surface area (Å²) in [6.07, 6.45) is 1.81. The van der Waals surface area contributed by atoms with Crippen molar-refractivity contribution in [3.05, 3.63) is 46.8 Å². The summed E-state index contributed by atoms with van der Waals surface area (Å²) in [6.45, 7) is 0. The third kappa shape index (κ3) is 4.14. The van der Waals surface area contributed by atoms with Crippen LogP contribution in [0.1, 0.15) is 33.6 Å². The Morgan fingerprint density at radius 3 is 2.22 bits per heavy atom. The first-order valence-electron chi connectivity index (χ1n) is 7.71. The van der Waals surface area contributed by atoms with Gasteiger partial charge in [-0.05, 0) is 48.6 Å². The third-order valence-corrected chi connectivity index (χ3v) is 6.11. The van der Waals surface area contributed by atoms with Crippen molar-refractivity contribution in [3.8, 4) is 0 Å². The molecule has 0 aliphatic heterocycles. The number of halogens is 3. The molecular formula is C16H13F3N2O4S2. The quantitative estimate of drug-likeness (QED) is 0.780. The average Bonchev–Trinajstić information content (AvgIpc) is 3.29. The summed E-state index contributed by atoms with van der Waals surface area (Å²) in [7, 11) is -5.48. The van der Waals surface area contributed by atoms with Gasteiger partial charge in [-0.15, -0.1) is 11.3 Å². The van der Waals surface area contributed by atoms with Crippen molar-refractivity contribution < 1.29 is 31.2 Å². The number of anilines is 1. The second-order valence-electron chi connectivity index (χ2n) is 5.84. The van der Waals surface area contributed by atoms with Crippen molar-refractivity contribution in [3.63, 3.8) is 0 Å². The lowest BCUT2D eigenvalue weighted by Gasteiger charge is -2.09. The highest BCUT2D eigenvalue weighted by Crippen LogP contribution is 2.30. The molecule has 1 heterocycles. The van der Waals surface area contributed by atoms with E-state index in [0.717, 1.165) is 36.3 Å². The molecule has 0 bridgehead atoms. The topological polar surface area (TPSA) is 92.3 Å². The first kappa shape index (κ1) is 19.4. The Hall–Kier alpha value is -2.40. The van der Waals surface area contributed by atoms with Crippen LogP contribution in [0.2, 0.25) is 0 Å². The molecule has 27 heavy (non-hydrogen) atoms. The highest BCUT2D eigenvalue weighted by atomic mass is 32.2. The molecule has 6 nitrogen and oxygen atoms in total. The van der Waals surface area contributed by atoms with Gasteiger partial charge in [0, 0.05) is 11.6 Å². The normalized spacial score (nSPS) is 14.6. The van der Waals surface area contributed by atoms with Gasteiger partial charge in [0.25, 0.3) is 21.7 Å². The van der Waals surface area contributed by atoms with E-state index in [2.05, 4.69) is 10.6 Å². The SMILES string of the molecule is O=C(Nc1sccc1C(=O)NC1CC1)c1ccc(S(=O)(=O)C(F)(F)F)cc1. The van der Waals surface area contributed by atoms with Crippen molar-refractivity contribution in [1.29, 1.82) is 0 Å². The summed E-state index contributed by atoms with van der Waals surface area (Å²) in [5.74, 6) is -0.991. The van der Waals surface area contributed by atoms with Gasteiger partial charge in [0.05, 0.1) is 10.5 Å². The number of nitrogens with one attached hydrogen (secondary N) is 2. The number of hydrogen-bond donors (Lipinski definition) is 2. The van der Waals surface area contributed by atoms with E-state index in [9.17, 15) is 31.2 Å². The Kier molecular flexibility index (Phi) is 5.00. The lowest BCUT2D eigenvalue weighted by Crippen LogP contribution is -2.26. The lowest BCUT2D eigenvalue weighted by molar-refractivity contribution is -0.0436. The molecule has 1 aliphatic rings. The van der Waals surface area contributed by atoms with Crippen molar-refractivity contribution in [2.45, 2.75) is 29.3 Å². The highest BCUT2D eigenvalue weighted by Gasteiger charge is 2.46. The monoisotopic (exact) mass is 418 g/mol. The van der Waals surface area contributed by atoms with Crippen molar-refractivity contribution in [2.24, 2.45) is 0 Å².